The SMILES string of the molecule is CCN(CC)CCCNC(=O)C1CC(=O)N(c2ccccc2)C1. The van der Waals surface area contributed by atoms with Gasteiger partial charge in [0.1, 0.15) is 0 Å². The first-order valence-electron chi connectivity index (χ1n) is 8.51. The van der Waals surface area contributed by atoms with Crippen LogP contribution >= 0.6 is 0 Å². The second kappa shape index (κ2) is 8.67. The van der Waals surface area contributed by atoms with Crippen LogP contribution < -0.4 is 10.2 Å². The van der Waals surface area contributed by atoms with E-state index in [9.17, 15) is 9.59 Å². The van der Waals surface area contributed by atoms with Crippen LogP contribution in [-0.4, -0.2) is 49.4 Å². The zero-order valence-corrected chi connectivity index (χ0v) is 14.1. The summed E-state index contributed by atoms with van der Waals surface area (Å²) in [4.78, 5) is 28.4. The molecular formula is C18H27N3O2. The van der Waals surface area contributed by atoms with E-state index in [0.29, 0.717) is 19.5 Å². The van der Waals surface area contributed by atoms with Gasteiger partial charge in [0, 0.05) is 25.2 Å². The Hall–Kier alpha value is -1.88. The Morgan fingerprint density at radius 2 is 1.96 bits per heavy atom. The van der Waals surface area contributed by atoms with Crippen LogP contribution in [0.4, 0.5) is 5.69 Å². The van der Waals surface area contributed by atoms with E-state index in [4.69, 9.17) is 0 Å². The Balaban J connectivity index is 1.77. The van der Waals surface area contributed by atoms with Gasteiger partial charge in [-0.3, -0.25) is 9.59 Å². The van der Waals surface area contributed by atoms with Crippen molar-refractivity contribution >= 4 is 17.5 Å². The van der Waals surface area contributed by atoms with E-state index >= 15 is 0 Å². The molecule has 0 aliphatic carbocycles. The largest absolute Gasteiger partial charge is 0.356 e. The fourth-order valence-electron chi connectivity index (χ4n) is 2.94. The normalized spacial score (nSPS) is 17.8. The van der Waals surface area contributed by atoms with Crippen LogP contribution in [0.1, 0.15) is 26.7 Å². The lowest BCUT2D eigenvalue weighted by Gasteiger charge is -2.18. The number of benzene rings is 1. The number of rotatable bonds is 8. The van der Waals surface area contributed by atoms with Crippen LogP contribution in [0.5, 0.6) is 0 Å². The first kappa shape index (κ1) is 17.5. The third-order valence-electron chi connectivity index (χ3n) is 4.41. The molecule has 1 atom stereocenters. The first-order chi connectivity index (χ1) is 11.2. The molecule has 1 aliphatic rings. The van der Waals surface area contributed by atoms with Crippen molar-refractivity contribution in [1.29, 1.82) is 0 Å². The molecule has 5 nitrogen and oxygen atoms in total. The molecule has 23 heavy (non-hydrogen) atoms. The molecule has 2 rings (SSSR count). The molecule has 0 bridgehead atoms. The Kier molecular flexibility index (Phi) is 6.59. The van der Waals surface area contributed by atoms with Crippen molar-refractivity contribution in [1.82, 2.24) is 10.2 Å². The summed E-state index contributed by atoms with van der Waals surface area (Å²) in [5.74, 6) is -0.216. The maximum atomic E-state index is 12.2. The third-order valence-corrected chi connectivity index (χ3v) is 4.41. The zero-order valence-electron chi connectivity index (χ0n) is 14.1. The molecule has 0 spiro atoms. The number of carbonyl (C=O) groups excluding carboxylic acids is 2. The maximum Gasteiger partial charge on any atom is 0.227 e. The highest BCUT2D eigenvalue weighted by atomic mass is 16.2. The van der Waals surface area contributed by atoms with Gasteiger partial charge in [0.25, 0.3) is 0 Å². The lowest BCUT2D eigenvalue weighted by Crippen LogP contribution is -2.35. The number of carbonyl (C=O) groups is 2. The van der Waals surface area contributed by atoms with Crippen molar-refractivity contribution < 1.29 is 9.59 Å². The van der Waals surface area contributed by atoms with Gasteiger partial charge >= 0.3 is 0 Å². The van der Waals surface area contributed by atoms with Gasteiger partial charge in [-0.2, -0.15) is 0 Å². The molecule has 1 N–H and O–H groups in total. The molecule has 1 aliphatic heterocycles. The lowest BCUT2D eigenvalue weighted by atomic mass is 10.1. The maximum absolute atomic E-state index is 12.2. The minimum absolute atomic E-state index is 0.00340. The van der Waals surface area contributed by atoms with Crippen LogP contribution in [0.3, 0.4) is 0 Å². The summed E-state index contributed by atoms with van der Waals surface area (Å²) in [7, 11) is 0. The summed E-state index contributed by atoms with van der Waals surface area (Å²) < 4.78 is 0. The minimum Gasteiger partial charge on any atom is -0.356 e. The van der Waals surface area contributed by atoms with E-state index in [1.807, 2.05) is 30.3 Å². The molecule has 1 unspecified atom stereocenters. The van der Waals surface area contributed by atoms with Gasteiger partial charge in [0.15, 0.2) is 0 Å². The number of nitrogens with zero attached hydrogens (tertiary/aromatic N) is 2. The predicted octanol–water partition coefficient (Wildman–Crippen LogP) is 1.89. The molecule has 0 radical (unpaired) electrons. The minimum atomic E-state index is -0.240. The van der Waals surface area contributed by atoms with Crippen molar-refractivity contribution in [3.8, 4) is 0 Å². The van der Waals surface area contributed by atoms with Gasteiger partial charge < -0.3 is 15.1 Å². The number of anilines is 1. The Morgan fingerprint density at radius 1 is 1.26 bits per heavy atom. The molecule has 5 heteroatoms. The molecular weight excluding hydrogens is 290 g/mol. The molecule has 2 amide bonds. The van der Waals surface area contributed by atoms with Crippen LogP contribution in [0.25, 0.3) is 0 Å². The van der Waals surface area contributed by atoms with Gasteiger partial charge in [0.05, 0.1) is 5.92 Å². The summed E-state index contributed by atoms with van der Waals surface area (Å²) >= 11 is 0. The van der Waals surface area contributed by atoms with Gasteiger partial charge in [-0.1, -0.05) is 32.0 Å². The second-order valence-corrected chi connectivity index (χ2v) is 5.91. The van der Waals surface area contributed by atoms with E-state index in [0.717, 1.165) is 31.7 Å². The monoisotopic (exact) mass is 317 g/mol. The predicted molar refractivity (Wildman–Crippen MR) is 92.3 cm³/mol. The highest BCUT2D eigenvalue weighted by Gasteiger charge is 2.34. The number of nitrogens with one attached hydrogen (secondary N) is 1. The summed E-state index contributed by atoms with van der Waals surface area (Å²) in [5, 5.41) is 2.98. The molecule has 0 aromatic heterocycles. The summed E-state index contributed by atoms with van der Waals surface area (Å²) in [6.07, 6.45) is 1.24. The first-order valence-corrected chi connectivity index (χ1v) is 8.51. The average molecular weight is 317 g/mol. The Bertz CT molecular complexity index is 514. The average Bonchev–Trinajstić information content (AvgIpc) is 2.97. The van der Waals surface area contributed by atoms with Gasteiger partial charge in [-0.15, -0.1) is 0 Å². The van der Waals surface area contributed by atoms with Crippen molar-refractivity contribution in [3.63, 3.8) is 0 Å². The van der Waals surface area contributed by atoms with Gasteiger partial charge in [-0.05, 0) is 38.2 Å². The molecule has 1 heterocycles. The highest BCUT2D eigenvalue weighted by molar-refractivity contribution is 6.00. The molecule has 1 aromatic rings. The fourth-order valence-corrected chi connectivity index (χ4v) is 2.94. The summed E-state index contributed by atoms with van der Waals surface area (Å²) in [5.41, 5.74) is 0.870. The van der Waals surface area contributed by atoms with Crippen LogP contribution in [0, 0.1) is 5.92 Å². The third kappa shape index (κ3) is 4.79. The summed E-state index contributed by atoms with van der Waals surface area (Å²) in [6, 6.07) is 9.54. The quantitative estimate of drug-likeness (QED) is 0.745. The van der Waals surface area contributed by atoms with E-state index < -0.39 is 0 Å². The molecule has 1 aromatic carbocycles. The Morgan fingerprint density at radius 3 is 2.61 bits per heavy atom. The van der Waals surface area contributed by atoms with E-state index in [1.165, 1.54) is 0 Å². The molecule has 126 valence electrons. The van der Waals surface area contributed by atoms with E-state index in [2.05, 4.69) is 24.1 Å². The van der Waals surface area contributed by atoms with E-state index in [-0.39, 0.29) is 17.7 Å². The zero-order chi connectivity index (χ0) is 16.7. The highest BCUT2D eigenvalue weighted by Crippen LogP contribution is 2.24. The van der Waals surface area contributed by atoms with Crippen molar-refractivity contribution in [2.75, 3.05) is 37.6 Å². The lowest BCUT2D eigenvalue weighted by molar-refractivity contribution is -0.126. The second-order valence-electron chi connectivity index (χ2n) is 5.91. The van der Waals surface area contributed by atoms with Crippen molar-refractivity contribution in [2.45, 2.75) is 26.7 Å². The van der Waals surface area contributed by atoms with Crippen LogP contribution in [0.15, 0.2) is 30.3 Å². The van der Waals surface area contributed by atoms with Crippen molar-refractivity contribution in [2.24, 2.45) is 5.92 Å². The van der Waals surface area contributed by atoms with Crippen LogP contribution in [0.2, 0.25) is 0 Å². The van der Waals surface area contributed by atoms with E-state index in [1.54, 1.807) is 4.90 Å². The number of hydrogen-bond acceptors (Lipinski definition) is 3. The molecule has 0 saturated carbocycles. The van der Waals surface area contributed by atoms with Gasteiger partial charge in [-0.25, -0.2) is 0 Å². The summed E-state index contributed by atoms with van der Waals surface area (Å²) in [6.45, 7) is 8.50. The Labute approximate surface area is 138 Å². The molecule has 1 fully saturated rings. The number of amides is 2. The molecule has 1 saturated heterocycles. The topological polar surface area (TPSA) is 52.7 Å². The van der Waals surface area contributed by atoms with Crippen molar-refractivity contribution in [3.05, 3.63) is 30.3 Å². The number of para-hydroxylation sites is 1. The smallest absolute Gasteiger partial charge is 0.227 e. The number of hydrogen-bond donors (Lipinski definition) is 1. The standard InChI is InChI=1S/C18H27N3O2/c1-3-20(4-2)12-8-11-19-18(23)15-13-17(22)21(14-15)16-9-6-5-7-10-16/h5-7,9-10,15H,3-4,8,11-14H2,1-2H3,(H,19,23). The van der Waals surface area contributed by atoms with Gasteiger partial charge in [0.2, 0.25) is 11.8 Å². The fraction of sp³-hybridized carbons (Fsp3) is 0.556. The van der Waals surface area contributed by atoms with Crippen LogP contribution in [-0.2, 0) is 9.59 Å².